The number of aryl methyl sites for hydroxylation is 1. The maximum atomic E-state index is 12.3. The van der Waals surface area contributed by atoms with E-state index < -0.39 is 5.91 Å². The molecule has 1 aromatic heterocycles. The second-order valence-electron chi connectivity index (χ2n) is 6.65. The van der Waals surface area contributed by atoms with Crippen molar-refractivity contribution >= 4 is 40.9 Å². The Morgan fingerprint density at radius 1 is 1.17 bits per heavy atom. The standard InChI is InChI=1S/C20H21ClN6O2S/c1-13-7-8-16(10-17(13)21)27-12-22-25-20(27)30-11-18(28)23-24-19(29)14-5-4-6-15(9-14)26(2)3/h4-10,12H,11H2,1-3H3,(H,23,28)(H,24,29). The Bertz CT molecular complexity index is 1070. The van der Waals surface area contributed by atoms with Gasteiger partial charge < -0.3 is 4.90 Å². The SMILES string of the molecule is Cc1ccc(-n2cnnc2SCC(=O)NNC(=O)c2cccc(N(C)C)c2)cc1Cl. The Morgan fingerprint density at radius 2 is 1.97 bits per heavy atom. The summed E-state index contributed by atoms with van der Waals surface area (Å²) in [7, 11) is 3.78. The number of benzene rings is 2. The predicted octanol–water partition coefficient (Wildman–Crippen LogP) is 2.85. The van der Waals surface area contributed by atoms with Gasteiger partial charge in [0.1, 0.15) is 6.33 Å². The molecule has 0 bridgehead atoms. The van der Waals surface area contributed by atoms with Crippen LogP contribution in [0.2, 0.25) is 5.02 Å². The number of hydrazine groups is 1. The van der Waals surface area contributed by atoms with E-state index in [1.165, 1.54) is 11.8 Å². The highest BCUT2D eigenvalue weighted by atomic mass is 35.5. The summed E-state index contributed by atoms with van der Waals surface area (Å²) in [4.78, 5) is 26.3. The van der Waals surface area contributed by atoms with E-state index >= 15 is 0 Å². The molecule has 0 saturated carbocycles. The number of thioether (sulfide) groups is 1. The lowest BCUT2D eigenvalue weighted by Gasteiger charge is -2.13. The van der Waals surface area contributed by atoms with Crippen LogP contribution in [0.1, 0.15) is 15.9 Å². The van der Waals surface area contributed by atoms with Gasteiger partial charge in [-0.2, -0.15) is 0 Å². The van der Waals surface area contributed by atoms with Crippen LogP contribution < -0.4 is 15.8 Å². The minimum absolute atomic E-state index is 0.0519. The number of carbonyl (C=O) groups is 2. The van der Waals surface area contributed by atoms with E-state index in [0.717, 1.165) is 16.9 Å². The summed E-state index contributed by atoms with van der Waals surface area (Å²) >= 11 is 7.39. The molecule has 10 heteroatoms. The molecule has 2 N–H and O–H groups in total. The maximum Gasteiger partial charge on any atom is 0.269 e. The third-order valence-corrected chi connectivity index (χ3v) is 5.57. The molecule has 2 amide bonds. The van der Waals surface area contributed by atoms with E-state index in [1.54, 1.807) is 29.1 Å². The van der Waals surface area contributed by atoms with Gasteiger partial charge in [-0.15, -0.1) is 10.2 Å². The molecule has 0 aliphatic rings. The molecule has 0 fully saturated rings. The lowest BCUT2D eigenvalue weighted by Crippen LogP contribution is -2.42. The topological polar surface area (TPSA) is 92.1 Å². The van der Waals surface area contributed by atoms with Gasteiger partial charge in [-0.05, 0) is 42.8 Å². The highest BCUT2D eigenvalue weighted by Crippen LogP contribution is 2.23. The molecule has 0 unspecified atom stereocenters. The minimum atomic E-state index is -0.394. The summed E-state index contributed by atoms with van der Waals surface area (Å²) in [5.41, 5.74) is 7.94. The molecule has 1 heterocycles. The fraction of sp³-hybridized carbons (Fsp3) is 0.200. The van der Waals surface area contributed by atoms with Gasteiger partial charge in [0.15, 0.2) is 5.16 Å². The molecule has 0 aliphatic carbocycles. The first-order valence-electron chi connectivity index (χ1n) is 9.01. The van der Waals surface area contributed by atoms with Crippen molar-refractivity contribution in [2.45, 2.75) is 12.1 Å². The zero-order chi connectivity index (χ0) is 21.7. The molecule has 156 valence electrons. The molecular weight excluding hydrogens is 424 g/mol. The second-order valence-corrected chi connectivity index (χ2v) is 8.00. The van der Waals surface area contributed by atoms with Crippen molar-refractivity contribution in [3.05, 3.63) is 64.9 Å². The summed E-state index contributed by atoms with van der Waals surface area (Å²) in [6, 6.07) is 12.7. The highest BCUT2D eigenvalue weighted by Gasteiger charge is 2.12. The first-order valence-corrected chi connectivity index (χ1v) is 10.4. The van der Waals surface area contributed by atoms with Crippen LogP contribution in [0, 0.1) is 6.92 Å². The molecule has 30 heavy (non-hydrogen) atoms. The van der Waals surface area contributed by atoms with Crippen molar-refractivity contribution in [1.29, 1.82) is 0 Å². The van der Waals surface area contributed by atoms with E-state index in [1.807, 2.05) is 50.2 Å². The van der Waals surface area contributed by atoms with Gasteiger partial charge in [0.05, 0.1) is 11.4 Å². The Morgan fingerprint density at radius 3 is 2.70 bits per heavy atom. The molecule has 0 spiro atoms. The van der Waals surface area contributed by atoms with Gasteiger partial charge in [0.25, 0.3) is 5.91 Å². The van der Waals surface area contributed by atoms with E-state index in [2.05, 4.69) is 21.0 Å². The quantitative estimate of drug-likeness (QED) is 0.448. The van der Waals surface area contributed by atoms with Crippen LogP contribution in [0.25, 0.3) is 5.69 Å². The number of nitrogens with zero attached hydrogens (tertiary/aromatic N) is 4. The minimum Gasteiger partial charge on any atom is -0.378 e. The highest BCUT2D eigenvalue weighted by molar-refractivity contribution is 7.99. The van der Waals surface area contributed by atoms with Crippen molar-refractivity contribution in [2.75, 3.05) is 24.7 Å². The summed E-state index contributed by atoms with van der Waals surface area (Å²) in [6.45, 7) is 1.92. The van der Waals surface area contributed by atoms with Gasteiger partial charge >= 0.3 is 0 Å². The van der Waals surface area contributed by atoms with E-state index in [9.17, 15) is 9.59 Å². The molecule has 8 nitrogen and oxygen atoms in total. The molecule has 3 rings (SSSR count). The van der Waals surface area contributed by atoms with Crippen LogP contribution in [0.15, 0.2) is 53.9 Å². The first kappa shape index (κ1) is 21.7. The van der Waals surface area contributed by atoms with Crippen LogP contribution in [-0.2, 0) is 4.79 Å². The maximum absolute atomic E-state index is 12.3. The normalized spacial score (nSPS) is 10.5. The smallest absolute Gasteiger partial charge is 0.269 e. The third kappa shape index (κ3) is 5.31. The van der Waals surface area contributed by atoms with Crippen LogP contribution >= 0.6 is 23.4 Å². The number of halogens is 1. The first-order chi connectivity index (χ1) is 14.3. The van der Waals surface area contributed by atoms with Gasteiger partial charge in [0.2, 0.25) is 5.91 Å². The van der Waals surface area contributed by atoms with Crippen molar-refractivity contribution in [2.24, 2.45) is 0 Å². The van der Waals surface area contributed by atoms with Crippen molar-refractivity contribution in [3.63, 3.8) is 0 Å². The van der Waals surface area contributed by atoms with Crippen LogP contribution in [0.4, 0.5) is 5.69 Å². The Labute approximate surface area is 183 Å². The number of nitrogens with one attached hydrogen (secondary N) is 2. The summed E-state index contributed by atoms with van der Waals surface area (Å²) in [6.07, 6.45) is 1.56. The van der Waals surface area contributed by atoms with Crippen LogP contribution in [0.3, 0.4) is 0 Å². The fourth-order valence-electron chi connectivity index (χ4n) is 2.52. The van der Waals surface area contributed by atoms with Gasteiger partial charge in [-0.3, -0.25) is 25.0 Å². The second kappa shape index (κ2) is 9.64. The number of aromatic nitrogens is 3. The zero-order valence-corrected chi connectivity index (χ0v) is 18.3. The summed E-state index contributed by atoms with van der Waals surface area (Å²) in [5.74, 6) is -0.709. The van der Waals surface area contributed by atoms with E-state index in [0.29, 0.717) is 15.7 Å². The average Bonchev–Trinajstić information content (AvgIpc) is 3.21. The monoisotopic (exact) mass is 444 g/mol. The lowest BCUT2D eigenvalue weighted by molar-refractivity contribution is -0.119. The zero-order valence-electron chi connectivity index (χ0n) is 16.7. The van der Waals surface area contributed by atoms with Crippen LogP contribution in [0.5, 0.6) is 0 Å². The van der Waals surface area contributed by atoms with Crippen molar-refractivity contribution in [1.82, 2.24) is 25.6 Å². The molecule has 0 radical (unpaired) electrons. The van der Waals surface area contributed by atoms with Crippen molar-refractivity contribution < 1.29 is 9.59 Å². The van der Waals surface area contributed by atoms with Gasteiger partial charge in [-0.25, -0.2) is 0 Å². The van der Waals surface area contributed by atoms with Gasteiger partial charge in [-0.1, -0.05) is 35.5 Å². The number of hydrogen-bond acceptors (Lipinski definition) is 6. The number of anilines is 1. The number of hydrogen-bond donors (Lipinski definition) is 2. The molecular formula is C20H21ClN6O2S. The molecule has 0 saturated heterocycles. The largest absolute Gasteiger partial charge is 0.378 e. The number of carbonyl (C=O) groups excluding carboxylic acids is 2. The number of rotatable bonds is 6. The Kier molecular flexibility index (Phi) is 6.96. The Balaban J connectivity index is 1.56. The Hall–Kier alpha value is -3.04. The molecule has 2 aromatic carbocycles. The van der Waals surface area contributed by atoms with E-state index in [-0.39, 0.29) is 11.7 Å². The molecule has 0 aliphatic heterocycles. The molecule has 3 aromatic rings. The number of amides is 2. The third-order valence-electron chi connectivity index (χ3n) is 4.22. The van der Waals surface area contributed by atoms with Crippen LogP contribution in [-0.4, -0.2) is 46.4 Å². The average molecular weight is 445 g/mol. The fourth-order valence-corrected chi connectivity index (χ4v) is 3.43. The summed E-state index contributed by atoms with van der Waals surface area (Å²) < 4.78 is 1.74. The lowest BCUT2D eigenvalue weighted by atomic mass is 10.2. The molecule has 0 atom stereocenters. The predicted molar refractivity (Wildman–Crippen MR) is 118 cm³/mol. The van der Waals surface area contributed by atoms with E-state index in [4.69, 9.17) is 11.6 Å². The van der Waals surface area contributed by atoms with Crippen molar-refractivity contribution in [3.8, 4) is 5.69 Å². The van der Waals surface area contributed by atoms with Gasteiger partial charge in [0, 0.05) is 30.4 Å². The summed E-state index contributed by atoms with van der Waals surface area (Å²) in [5, 5.41) is 9.13.